The van der Waals surface area contributed by atoms with E-state index >= 15 is 0 Å². The molecule has 0 aliphatic heterocycles. The molecule has 4 rings (SSSR count). The maximum Gasteiger partial charge on any atom is 0.256 e. The maximum atomic E-state index is 13.2. The lowest BCUT2D eigenvalue weighted by Crippen LogP contribution is -2.18. The van der Waals surface area contributed by atoms with Crippen molar-refractivity contribution in [1.29, 1.82) is 0 Å². The molecule has 5 nitrogen and oxygen atoms in total. The second-order valence-corrected chi connectivity index (χ2v) is 6.75. The zero-order chi connectivity index (χ0) is 20.4. The van der Waals surface area contributed by atoms with E-state index < -0.39 is 5.91 Å². The van der Waals surface area contributed by atoms with Crippen LogP contribution in [0.2, 0.25) is 0 Å². The third-order valence-electron chi connectivity index (χ3n) is 4.82. The minimum atomic E-state index is -0.596. The summed E-state index contributed by atoms with van der Waals surface area (Å²) in [5.74, 6) is -0.923. The second kappa shape index (κ2) is 7.56. The number of carbonyl (C=O) groups is 2. The molecule has 0 saturated carbocycles. The second-order valence-electron chi connectivity index (χ2n) is 6.75. The molecule has 142 valence electrons. The number of pyridine rings is 1. The van der Waals surface area contributed by atoms with Crippen molar-refractivity contribution >= 4 is 28.4 Å². The molecule has 0 saturated heterocycles. The molecular formula is C24H19N3O2. The summed E-state index contributed by atoms with van der Waals surface area (Å²) >= 11 is 0. The number of anilines is 1. The standard InChI is InChI=1S/C24H19N3O2/c1-15-8-2-3-9-16(15)22-14-19(17-10-4-6-12-20(17)26-22)24(29)27-21-13-7-5-11-18(21)23(25)28/h2-14H,1H3,(H2,25,28)(H,27,29). The molecule has 0 radical (unpaired) electrons. The number of rotatable bonds is 4. The average molecular weight is 381 g/mol. The summed E-state index contributed by atoms with van der Waals surface area (Å²) in [6, 6.07) is 23.9. The predicted octanol–water partition coefficient (Wildman–Crippen LogP) is 4.56. The highest BCUT2D eigenvalue weighted by molar-refractivity contribution is 6.15. The van der Waals surface area contributed by atoms with Gasteiger partial charge in [-0.25, -0.2) is 4.98 Å². The van der Waals surface area contributed by atoms with Gasteiger partial charge in [0.1, 0.15) is 0 Å². The number of hydrogen-bond acceptors (Lipinski definition) is 3. The fourth-order valence-electron chi connectivity index (χ4n) is 3.36. The Balaban J connectivity index is 1.84. The molecule has 1 aromatic heterocycles. The Kier molecular flexibility index (Phi) is 4.79. The number of hydrogen-bond donors (Lipinski definition) is 2. The molecule has 0 atom stereocenters. The Hall–Kier alpha value is -3.99. The summed E-state index contributed by atoms with van der Waals surface area (Å²) in [4.78, 5) is 29.6. The van der Waals surface area contributed by atoms with Crippen molar-refractivity contribution in [2.75, 3.05) is 5.32 Å². The first-order chi connectivity index (χ1) is 14.0. The number of nitrogens with one attached hydrogen (secondary N) is 1. The van der Waals surface area contributed by atoms with E-state index in [1.807, 2.05) is 55.5 Å². The largest absolute Gasteiger partial charge is 0.366 e. The Bertz CT molecular complexity index is 1250. The van der Waals surface area contributed by atoms with Crippen molar-refractivity contribution in [1.82, 2.24) is 4.98 Å². The molecule has 0 aliphatic rings. The van der Waals surface area contributed by atoms with Gasteiger partial charge in [-0.05, 0) is 36.8 Å². The Morgan fingerprint density at radius 1 is 0.862 bits per heavy atom. The summed E-state index contributed by atoms with van der Waals surface area (Å²) in [5.41, 5.74) is 10.0. The molecule has 0 aliphatic carbocycles. The predicted molar refractivity (Wildman–Crippen MR) is 115 cm³/mol. The van der Waals surface area contributed by atoms with Gasteiger partial charge in [0.05, 0.1) is 28.0 Å². The molecule has 0 unspecified atom stereocenters. The SMILES string of the molecule is Cc1ccccc1-c1cc(C(=O)Nc2ccccc2C(N)=O)c2ccccc2n1. The van der Waals surface area contributed by atoms with Crippen LogP contribution in [0.5, 0.6) is 0 Å². The summed E-state index contributed by atoms with van der Waals surface area (Å²) in [5, 5.41) is 3.56. The van der Waals surface area contributed by atoms with Crippen LogP contribution in [0.15, 0.2) is 78.9 Å². The summed E-state index contributed by atoms with van der Waals surface area (Å²) in [6.45, 7) is 2.01. The van der Waals surface area contributed by atoms with Crippen molar-refractivity contribution in [3.8, 4) is 11.3 Å². The molecule has 3 aromatic carbocycles. The van der Waals surface area contributed by atoms with E-state index in [1.165, 1.54) is 0 Å². The van der Waals surface area contributed by atoms with Crippen LogP contribution in [-0.4, -0.2) is 16.8 Å². The molecule has 0 bridgehead atoms. The summed E-state index contributed by atoms with van der Waals surface area (Å²) in [7, 11) is 0. The number of amides is 2. The van der Waals surface area contributed by atoms with Gasteiger partial charge in [-0.15, -0.1) is 0 Å². The minimum Gasteiger partial charge on any atom is -0.366 e. The number of benzene rings is 3. The molecule has 29 heavy (non-hydrogen) atoms. The molecule has 0 spiro atoms. The summed E-state index contributed by atoms with van der Waals surface area (Å²) in [6.07, 6.45) is 0. The van der Waals surface area contributed by atoms with Gasteiger partial charge in [-0.2, -0.15) is 0 Å². The number of aromatic nitrogens is 1. The van der Waals surface area contributed by atoms with Gasteiger partial charge in [0, 0.05) is 10.9 Å². The average Bonchev–Trinajstić information content (AvgIpc) is 2.73. The zero-order valence-electron chi connectivity index (χ0n) is 15.8. The van der Waals surface area contributed by atoms with Crippen LogP contribution in [0.25, 0.3) is 22.2 Å². The van der Waals surface area contributed by atoms with E-state index in [1.54, 1.807) is 30.3 Å². The van der Waals surface area contributed by atoms with Crippen LogP contribution in [0.4, 0.5) is 5.69 Å². The number of aryl methyl sites for hydroxylation is 1. The van der Waals surface area contributed by atoms with Crippen molar-refractivity contribution in [2.24, 2.45) is 5.73 Å². The first kappa shape index (κ1) is 18.4. The Morgan fingerprint density at radius 2 is 1.55 bits per heavy atom. The highest BCUT2D eigenvalue weighted by atomic mass is 16.2. The lowest BCUT2D eigenvalue weighted by atomic mass is 10.0. The molecule has 0 fully saturated rings. The molecular weight excluding hydrogens is 362 g/mol. The Morgan fingerprint density at radius 3 is 2.34 bits per heavy atom. The number of nitrogens with zero attached hydrogens (tertiary/aromatic N) is 1. The van der Waals surface area contributed by atoms with Gasteiger partial charge in [0.25, 0.3) is 11.8 Å². The van der Waals surface area contributed by atoms with Crippen molar-refractivity contribution in [3.63, 3.8) is 0 Å². The van der Waals surface area contributed by atoms with Crippen molar-refractivity contribution in [3.05, 3.63) is 95.6 Å². The summed E-state index contributed by atoms with van der Waals surface area (Å²) < 4.78 is 0. The van der Waals surface area contributed by atoms with Gasteiger partial charge >= 0.3 is 0 Å². The smallest absolute Gasteiger partial charge is 0.256 e. The van der Waals surface area contributed by atoms with E-state index in [0.29, 0.717) is 11.3 Å². The molecule has 1 heterocycles. The van der Waals surface area contributed by atoms with Crippen LogP contribution in [0, 0.1) is 6.92 Å². The van der Waals surface area contributed by atoms with E-state index in [9.17, 15) is 9.59 Å². The normalized spacial score (nSPS) is 10.7. The van der Waals surface area contributed by atoms with Gasteiger partial charge in [0.2, 0.25) is 0 Å². The van der Waals surface area contributed by atoms with Crippen LogP contribution >= 0.6 is 0 Å². The van der Waals surface area contributed by atoms with Crippen LogP contribution in [0.1, 0.15) is 26.3 Å². The molecule has 3 N–H and O–H groups in total. The van der Waals surface area contributed by atoms with E-state index in [-0.39, 0.29) is 11.5 Å². The van der Waals surface area contributed by atoms with Crippen LogP contribution < -0.4 is 11.1 Å². The first-order valence-electron chi connectivity index (χ1n) is 9.20. The maximum absolute atomic E-state index is 13.2. The van der Waals surface area contributed by atoms with Crippen molar-refractivity contribution in [2.45, 2.75) is 6.92 Å². The molecule has 4 aromatic rings. The van der Waals surface area contributed by atoms with Gasteiger partial charge in [0.15, 0.2) is 0 Å². The van der Waals surface area contributed by atoms with Crippen LogP contribution in [0.3, 0.4) is 0 Å². The zero-order valence-corrected chi connectivity index (χ0v) is 15.8. The molecule has 5 heteroatoms. The number of fused-ring (bicyclic) bond motifs is 1. The van der Waals surface area contributed by atoms with Crippen molar-refractivity contribution < 1.29 is 9.59 Å². The highest BCUT2D eigenvalue weighted by Gasteiger charge is 2.17. The number of nitrogens with two attached hydrogens (primary N) is 1. The number of primary amides is 1. The third kappa shape index (κ3) is 3.58. The van der Waals surface area contributed by atoms with Gasteiger partial charge in [-0.1, -0.05) is 54.6 Å². The third-order valence-corrected chi connectivity index (χ3v) is 4.82. The number of carbonyl (C=O) groups excluding carboxylic acids is 2. The van der Waals surface area contributed by atoms with E-state index in [4.69, 9.17) is 10.7 Å². The van der Waals surface area contributed by atoms with E-state index in [2.05, 4.69) is 5.32 Å². The fourth-order valence-corrected chi connectivity index (χ4v) is 3.36. The van der Waals surface area contributed by atoms with Crippen LogP contribution in [-0.2, 0) is 0 Å². The lowest BCUT2D eigenvalue weighted by Gasteiger charge is -2.13. The Labute approximate surface area is 168 Å². The quantitative estimate of drug-likeness (QED) is 0.543. The topological polar surface area (TPSA) is 85.1 Å². The van der Waals surface area contributed by atoms with Gasteiger partial charge in [-0.3, -0.25) is 9.59 Å². The van der Waals surface area contributed by atoms with E-state index in [0.717, 1.165) is 27.7 Å². The highest BCUT2D eigenvalue weighted by Crippen LogP contribution is 2.28. The minimum absolute atomic E-state index is 0.262. The lowest BCUT2D eigenvalue weighted by molar-refractivity contribution is 0.100. The fraction of sp³-hybridized carbons (Fsp3) is 0.0417. The monoisotopic (exact) mass is 381 g/mol. The first-order valence-corrected chi connectivity index (χ1v) is 9.20. The number of para-hydroxylation sites is 2. The molecule has 2 amide bonds. The van der Waals surface area contributed by atoms with Gasteiger partial charge < -0.3 is 11.1 Å².